The molecule has 0 saturated heterocycles. The SMILES string of the molecule is CC(=O)c1cccc(NC(=O)[C@H](C)Oc2ccc(Br)cc2)c1. The Bertz CT molecular complexity index is 683. The fourth-order valence-electron chi connectivity index (χ4n) is 1.83. The van der Waals surface area contributed by atoms with Crippen LogP contribution in [0.25, 0.3) is 0 Å². The van der Waals surface area contributed by atoms with Gasteiger partial charge in [0.2, 0.25) is 0 Å². The van der Waals surface area contributed by atoms with Gasteiger partial charge in [0.15, 0.2) is 11.9 Å². The Morgan fingerprint density at radius 1 is 1.14 bits per heavy atom. The van der Waals surface area contributed by atoms with Crippen LogP contribution in [0.1, 0.15) is 24.2 Å². The zero-order valence-electron chi connectivity index (χ0n) is 12.3. The number of hydrogen-bond donors (Lipinski definition) is 1. The highest BCUT2D eigenvalue weighted by molar-refractivity contribution is 9.10. The van der Waals surface area contributed by atoms with Gasteiger partial charge in [0.1, 0.15) is 5.75 Å². The number of hydrogen-bond acceptors (Lipinski definition) is 3. The third kappa shape index (κ3) is 4.43. The molecule has 0 unspecified atom stereocenters. The number of benzene rings is 2. The molecule has 4 nitrogen and oxygen atoms in total. The number of Topliss-reactive ketones (excluding diaryl/α,β-unsaturated/α-hetero) is 1. The van der Waals surface area contributed by atoms with Crippen molar-refractivity contribution in [2.24, 2.45) is 0 Å². The molecule has 0 heterocycles. The lowest BCUT2D eigenvalue weighted by Gasteiger charge is -2.15. The van der Waals surface area contributed by atoms with Gasteiger partial charge in [0.05, 0.1) is 0 Å². The molecular formula is C17H16BrNO3. The average molecular weight is 362 g/mol. The molecule has 2 aromatic rings. The van der Waals surface area contributed by atoms with Crippen LogP contribution < -0.4 is 10.1 Å². The van der Waals surface area contributed by atoms with Gasteiger partial charge in [0, 0.05) is 15.7 Å². The Morgan fingerprint density at radius 3 is 2.45 bits per heavy atom. The standard InChI is InChI=1S/C17H16BrNO3/c1-11(20)13-4-3-5-15(10-13)19-17(21)12(2)22-16-8-6-14(18)7-9-16/h3-10,12H,1-2H3,(H,19,21)/t12-/m0/s1. The highest BCUT2D eigenvalue weighted by Gasteiger charge is 2.15. The van der Waals surface area contributed by atoms with Crippen molar-refractivity contribution in [1.82, 2.24) is 0 Å². The Morgan fingerprint density at radius 2 is 1.82 bits per heavy atom. The van der Waals surface area contributed by atoms with E-state index in [1.807, 2.05) is 12.1 Å². The summed E-state index contributed by atoms with van der Waals surface area (Å²) in [6.07, 6.45) is -0.651. The first-order chi connectivity index (χ1) is 10.5. The quantitative estimate of drug-likeness (QED) is 0.817. The number of carbonyl (C=O) groups is 2. The predicted molar refractivity (Wildman–Crippen MR) is 89.3 cm³/mol. The van der Waals surface area contributed by atoms with Crippen molar-refractivity contribution in [3.05, 3.63) is 58.6 Å². The van der Waals surface area contributed by atoms with Crippen molar-refractivity contribution in [1.29, 1.82) is 0 Å². The molecule has 0 aliphatic rings. The lowest BCUT2D eigenvalue weighted by Crippen LogP contribution is -2.30. The molecule has 1 atom stereocenters. The Balaban J connectivity index is 2.00. The molecule has 0 spiro atoms. The van der Waals surface area contributed by atoms with Gasteiger partial charge in [-0.1, -0.05) is 28.1 Å². The van der Waals surface area contributed by atoms with Gasteiger partial charge >= 0.3 is 0 Å². The Hall–Kier alpha value is -2.14. The first kappa shape index (κ1) is 16.2. The third-order valence-corrected chi connectivity index (χ3v) is 3.56. The maximum Gasteiger partial charge on any atom is 0.265 e. The molecular weight excluding hydrogens is 346 g/mol. The second kappa shape index (κ2) is 7.22. The summed E-state index contributed by atoms with van der Waals surface area (Å²) in [6.45, 7) is 3.16. The lowest BCUT2D eigenvalue weighted by atomic mass is 10.1. The van der Waals surface area contributed by atoms with Crippen molar-refractivity contribution in [3.63, 3.8) is 0 Å². The summed E-state index contributed by atoms with van der Waals surface area (Å²) in [5, 5.41) is 2.74. The van der Waals surface area contributed by atoms with E-state index in [1.165, 1.54) is 6.92 Å². The summed E-state index contributed by atoms with van der Waals surface area (Å²) in [5.41, 5.74) is 1.13. The third-order valence-electron chi connectivity index (χ3n) is 3.03. The number of rotatable bonds is 5. The van der Waals surface area contributed by atoms with Crippen LogP contribution in [0.3, 0.4) is 0 Å². The average Bonchev–Trinajstić information content (AvgIpc) is 2.49. The fourth-order valence-corrected chi connectivity index (χ4v) is 2.09. The fraction of sp³-hybridized carbons (Fsp3) is 0.176. The monoisotopic (exact) mass is 361 g/mol. The molecule has 0 saturated carbocycles. The van der Waals surface area contributed by atoms with Crippen molar-refractivity contribution < 1.29 is 14.3 Å². The second-order valence-corrected chi connectivity index (χ2v) is 5.76. The molecule has 0 aliphatic heterocycles. The molecule has 0 aliphatic carbocycles. The van der Waals surface area contributed by atoms with E-state index in [2.05, 4.69) is 21.2 Å². The summed E-state index contributed by atoms with van der Waals surface area (Å²) < 4.78 is 6.52. The van der Waals surface area contributed by atoms with Gasteiger partial charge in [0.25, 0.3) is 5.91 Å². The van der Waals surface area contributed by atoms with Crippen LogP contribution in [0.15, 0.2) is 53.0 Å². The van der Waals surface area contributed by atoms with Crippen LogP contribution in [-0.2, 0) is 4.79 Å². The van der Waals surface area contributed by atoms with E-state index in [4.69, 9.17) is 4.74 Å². The van der Waals surface area contributed by atoms with E-state index in [0.29, 0.717) is 17.0 Å². The van der Waals surface area contributed by atoms with Gasteiger partial charge in [-0.3, -0.25) is 9.59 Å². The minimum Gasteiger partial charge on any atom is -0.481 e. The highest BCUT2D eigenvalue weighted by atomic mass is 79.9. The summed E-state index contributed by atoms with van der Waals surface area (Å²) in [6, 6.07) is 14.1. The highest BCUT2D eigenvalue weighted by Crippen LogP contribution is 2.18. The van der Waals surface area contributed by atoms with Gasteiger partial charge in [-0.05, 0) is 50.2 Å². The molecule has 5 heteroatoms. The zero-order chi connectivity index (χ0) is 16.1. The lowest BCUT2D eigenvalue weighted by molar-refractivity contribution is -0.122. The summed E-state index contributed by atoms with van der Waals surface area (Å²) >= 11 is 3.34. The molecule has 0 radical (unpaired) electrons. The smallest absolute Gasteiger partial charge is 0.265 e. The van der Waals surface area contributed by atoms with Crippen LogP contribution in [0, 0.1) is 0 Å². The molecule has 22 heavy (non-hydrogen) atoms. The first-order valence-electron chi connectivity index (χ1n) is 6.80. The van der Waals surface area contributed by atoms with Gasteiger partial charge in [-0.2, -0.15) is 0 Å². The summed E-state index contributed by atoms with van der Waals surface area (Å²) in [4.78, 5) is 23.5. The number of nitrogens with one attached hydrogen (secondary N) is 1. The number of ether oxygens (including phenoxy) is 1. The van der Waals surface area contributed by atoms with E-state index < -0.39 is 6.10 Å². The van der Waals surface area contributed by atoms with Crippen LogP contribution in [0.4, 0.5) is 5.69 Å². The van der Waals surface area contributed by atoms with Crippen LogP contribution in [0.5, 0.6) is 5.75 Å². The minimum atomic E-state index is -0.651. The van der Waals surface area contributed by atoms with E-state index in [-0.39, 0.29) is 11.7 Å². The van der Waals surface area contributed by atoms with E-state index in [1.54, 1.807) is 43.3 Å². The topological polar surface area (TPSA) is 55.4 Å². The maximum absolute atomic E-state index is 12.1. The zero-order valence-corrected chi connectivity index (χ0v) is 13.9. The van der Waals surface area contributed by atoms with E-state index in [9.17, 15) is 9.59 Å². The van der Waals surface area contributed by atoms with Gasteiger partial charge in [-0.25, -0.2) is 0 Å². The molecule has 2 aromatic carbocycles. The summed E-state index contributed by atoms with van der Waals surface area (Å²) in [7, 11) is 0. The molecule has 2 rings (SSSR count). The molecule has 0 fully saturated rings. The first-order valence-corrected chi connectivity index (χ1v) is 7.59. The van der Waals surface area contributed by atoms with Crippen molar-refractivity contribution >= 4 is 33.3 Å². The van der Waals surface area contributed by atoms with Crippen molar-refractivity contribution in [2.75, 3.05) is 5.32 Å². The molecule has 0 bridgehead atoms. The van der Waals surface area contributed by atoms with E-state index in [0.717, 1.165) is 4.47 Å². The molecule has 114 valence electrons. The Kier molecular flexibility index (Phi) is 5.33. The van der Waals surface area contributed by atoms with Crippen molar-refractivity contribution in [2.45, 2.75) is 20.0 Å². The number of anilines is 1. The van der Waals surface area contributed by atoms with Crippen LogP contribution >= 0.6 is 15.9 Å². The molecule has 1 amide bonds. The second-order valence-electron chi connectivity index (χ2n) is 4.84. The van der Waals surface area contributed by atoms with Crippen LogP contribution in [0.2, 0.25) is 0 Å². The van der Waals surface area contributed by atoms with E-state index >= 15 is 0 Å². The van der Waals surface area contributed by atoms with Gasteiger partial charge < -0.3 is 10.1 Å². The minimum absolute atomic E-state index is 0.0461. The maximum atomic E-state index is 12.1. The number of carbonyl (C=O) groups excluding carboxylic acids is 2. The summed E-state index contributed by atoms with van der Waals surface area (Å²) in [5.74, 6) is 0.294. The number of halogens is 1. The number of ketones is 1. The normalized spacial score (nSPS) is 11.6. The largest absolute Gasteiger partial charge is 0.481 e. The predicted octanol–water partition coefficient (Wildman–Crippen LogP) is 4.06. The van der Waals surface area contributed by atoms with Gasteiger partial charge in [-0.15, -0.1) is 0 Å². The number of amides is 1. The Labute approximate surface area is 137 Å². The van der Waals surface area contributed by atoms with Crippen molar-refractivity contribution in [3.8, 4) is 5.75 Å². The molecule has 0 aromatic heterocycles. The molecule has 1 N–H and O–H groups in total. The van der Waals surface area contributed by atoms with Crippen LogP contribution in [-0.4, -0.2) is 17.8 Å².